The Hall–Kier alpha value is -1.58. The summed E-state index contributed by atoms with van der Waals surface area (Å²) < 4.78 is 15.9. The van der Waals surface area contributed by atoms with Crippen LogP contribution in [0.4, 0.5) is 5.69 Å². The van der Waals surface area contributed by atoms with Crippen LogP contribution in [0.5, 0.6) is 17.2 Å². The minimum atomic E-state index is 0.549. The SMILES string of the molecule is COc1cc(N)cc2c1OCCO2. The molecular formula is C9H11NO3. The third kappa shape index (κ3) is 1.35. The van der Waals surface area contributed by atoms with Crippen LogP contribution in [0.3, 0.4) is 0 Å². The molecule has 70 valence electrons. The Bertz CT molecular complexity index is 308. The van der Waals surface area contributed by atoms with E-state index in [1.165, 1.54) is 0 Å². The predicted octanol–water partition coefficient (Wildman–Crippen LogP) is 1.05. The fourth-order valence-electron chi connectivity index (χ4n) is 1.29. The minimum absolute atomic E-state index is 0.549. The zero-order valence-corrected chi connectivity index (χ0v) is 7.37. The molecular weight excluding hydrogens is 170 g/mol. The molecule has 0 aromatic heterocycles. The fourth-order valence-corrected chi connectivity index (χ4v) is 1.29. The monoisotopic (exact) mass is 181 g/mol. The standard InChI is InChI=1S/C9H11NO3/c1-11-7-4-6(10)5-8-9(7)13-3-2-12-8/h4-5H,2-3,10H2,1H3. The molecule has 1 aromatic carbocycles. The molecule has 2 N–H and O–H groups in total. The van der Waals surface area contributed by atoms with Gasteiger partial charge in [0.1, 0.15) is 13.2 Å². The van der Waals surface area contributed by atoms with Crippen molar-refractivity contribution in [2.45, 2.75) is 0 Å². The summed E-state index contributed by atoms with van der Waals surface area (Å²) in [6.07, 6.45) is 0. The van der Waals surface area contributed by atoms with Gasteiger partial charge in [-0.05, 0) is 0 Å². The number of hydrogen-bond donors (Lipinski definition) is 1. The highest BCUT2D eigenvalue weighted by Gasteiger charge is 2.17. The molecule has 1 heterocycles. The molecule has 2 rings (SSSR count). The van der Waals surface area contributed by atoms with Crippen molar-refractivity contribution in [3.8, 4) is 17.2 Å². The molecule has 0 aliphatic carbocycles. The molecule has 0 saturated carbocycles. The van der Waals surface area contributed by atoms with Crippen molar-refractivity contribution in [3.63, 3.8) is 0 Å². The Kier molecular flexibility index (Phi) is 1.88. The number of ether oxygens (including phenoxy) is 3. The zero-order valence-electron chi connectivity index (χ0n) is 7.37. The summed E-state index contributed by atoms with van der Waals surface area (Å²) in [4.78, 5) is 0. The van der Waals surface area contributed by atoms with Gasteiger partial charge in [0.05, 0.1) is 7.11 Å². The van der Waals surface area contributed by atoms with Crippen molar-refractivity contribution < 1.29 is 14.2 Å². The molecule has 0 bridgehead atoms. The van der Waals surface area contributed by atoms with Crippen molar-refractivity contribution in [3.05, 3.63) is 12.1 Å². The maximum absolute atomic E-state index is 5.64. The topological polar surface area (TPSA) is 53.7 Å². The summed E-state index contributed by atoms with van der Waals surface area (Å²) in [5.74, 6) is 1.92. The Balaban J connectivity index is 2.50. The molecule has 4 heteroatoms. The van der Waals surface area contributed by atoms with Crippen molar-refractivity contribution >= 4 is 5.69 Å². The van der Waals surface area contributed by atoms with Crippen LogP contribution in [-0.4, -0.2) is 20.3 Å². The van der Waals surface area contributed by atoms with Crippen LogP contribution < -0.4 is 19.9 Å². The van der Waals surface area contributed by atoms with Crippen molar-refractivity contribution in [1.29, 1.82) is 0 Å². The summed E-state index contributed by atoms with van der Waals surface area (Å²) in [6.45, 7) is 1.10. The van der Waals surface area contributed by atoms with Gasteiger partial charge in [-0.25, -0.2) is 0 Å². The van der Waals surface area contributed by atoms with Crippen LogP contribution in [-0.2, 0) is 0 Å². The second-order valence-electron chi connectivity index (χ2n) is 2.75. The van der Waals surface area contributed by atoms with Crippen LogP contribution in [0, 0.1) is 0 Å². The number of fused-ring (bicyclic) bond motifs is 1. The first-order valence-corrected chi connectivity index (χ1v) is 4.04. The maximum Gasteiger partial charge on any atom is 0.203 e. The van der Waals surface area contributed by atoms with E-state index in [1.807, 2.05) is 0 Å². The smallest absolute Gasteiger partial charge is 0.203 e. The number of hydrogen-bond acceptors (Lipinski definition) is 4. The van der Waals surface area contributed by atoms with E-state index < -0.39 is 0 Å². The molecule has 0 radical (unpaired) electrons. The fraction of sp³-hybridized carbons (Fsp3) is 0.333. The Morgan fingerprint density at radius 1 is 1.31 bits per heavy atom. The Labute approximate surface area is 76.2 Å². The highest BCUT2D eigenvalue weighted by atomic mass is 16.6. The van der Waals surface area contributed by atoms with Gasteiger partial charge in [-0.3, -0.25) is 0 Å². The molecule has 0 unspecified atom stereocenters. The van der Waals surface area contributed by atoms with E-state index in [1.54, 1.807) is 19.2 Å². The van der Waals surface area contributed by atoms with Gasteiger partial charge in [-0.1, -0.05) is 0 Å². The summed E-state index contributed by atoms with van der Waals surface area (Å²) in [7, 11) is 1.58. The highest BCUT2D eigenvalue weighted by Crippen LogP contribution is 2.40. The quantitative estimate of drug-likeness (QED) is 0.658. The first-order valence-electron chi connectivity index (χ1n) is 4.04. The van der Waals surface area contributed by atoms with Gasteiger partial charge in [-0.2, -0.15) is 0 Å². The zero-order chi connectivity index (χ0) is 9.26. The van der Waals surface area contributed by atoms with E-state index in [2.05, 4.69) is 0 Å². The molecule has 1 aliphatic heterocycles. The molecule has 0 fully saturated rings. The number of methoxy groups -OCH3 is 1. The molecule has 1 aliphatic rings. The summed E-state index contributed by atoms with van der Waals surface area (Å²) >= 11 is 0. The molecule has 0 atom stereocenters. The predicted molar refractivity (Wildman–Crippen MR) is 48.4 cm³/mol. The number of nitrogens with two attached hydrogens (primary N) is 1. The number of benzene rings is 1. The molecule has 4 nitrogen and oxygen atoms in total. The molecule has 0 amide bonds. The highest BCUT2D eigenvalue weighted by molar-refractivity contribution is 5.61. The second kappa shape index (κ2) is 3.05. The van der Waals surface area contributed by atoms with E-state index in [9.17, 15) is 0 Å². The minimum Gasteiger partial charge on any atom is -0.493 e. The number of anilines is 1. The van der Waals surface area contributed by atoms with Crippen molar-refractivity contribution in [2.24, 2.45) is 0 Å². The van der Waals surface area contributed by atoms with E-state index in [0.29, 0.717) is 36.1 Å². The van der Waals surface area contributed by atoms with Crippen LogP contribution in [0.1, 0.15) is 0 Å². The maximum atomic E-state index is 5.64. The van der Waals surface area contributed by atoms with E-state index in [-0.39, 0.29) is 0 Å². The van der Waals surface area contributed by atoms with E-state index in [4.69, 9.17) is 19.9 Å². The molecule has 1 aromatic rings. The van der Waals surface area contributed by atoms with Gasteiger partial charge in [0.25, 0.3) is 0 Å². The lowest BCUT2D eigenvalue weighted by atomic mass is 10.2. The van der Waals surface area contributed by atoms with Crippen LogP contribution in [0.15, 0.2) is 12.1 Å². The summed E-state index contributed by atoms with van der Waals surface area (Å²) in [6, 6.07) is 3.45. The molecule has 0 saturated heterocycles. The number of rotatable bonds is 1. The van der Waals surface area contributed by atoms with Crippen LogP contribution >= 0.6 is 0 Å². The Morgan fingerprint density at radius 2 is 2.08 bits per heavy atom. The average Bonchev–Trinajstić information content (AvgIpc) is 2.16. The van der Waals surface area contributed by atoms with E-state index >= 15 is 0 Å². The van der Waals surface area contributed by atoms with Gasteiger partial charge < -0.3 is 19.9 Å². The van der Waals surface area contributed by atoms with Gasteiger partial charge >= 0.3 is 0 Å². The average molecular weight is 181 g/mol. The van der Waals surface area contributed by atoms with Gasteiger partial charge in [0, 0.05) is 17.8 Å². The third-order valence-electron chi connectivity index (χ3n) is 1.85. The second-order valence-corrected chi connectivity index (χ2v) is 2.75. The summed E-state index contributed by atoms with van der Waals surface area (Å²) in [5.41, 5.74) is 6.25. The van der Waals surface area contributed by atoms with Gasteiger partial charge in [0.15, 0.2) is 11.5 Å². The normalized spacial score (nSPS) is 13.9. The van der Waals surface area contributed by atoms with Crippen molar-refractivity contribution in [1.82, 2.24) is 0 Å². The van der Waals surface area contributed by atoms with Crippen molar-refractivity contribution in [2.75, 3.05) is 26.1 Å². The van der Waals surface area contributed by atoms with E-state index in [0.717, 1.165) is 0 Å². The third-order valence-corrected chi connectivity index (χ3v) is 1.85. The first kappa shape index (κ1) is 8.04. The molecule has 0 spiro atoms. The lowest BCUT2D eigenvalue weighted by Gasteiger charge is -2.20. The van der Waals surface area contributed by atoms with Gasteiger partial charge in [0.2, 0.25) is 5.75 Å². The lowest BCUT2D eigenvalue weighted by Crippen LogP contribution is -2.16. The largest absolute Gasteiger partial charge is 0.493 e. The summed E-state index contributed by atoms with van der Waals surface area (Å²) in [5, 5.41) is 0. The molecule has 13 heavy (non-hydrogen) atoms. The first-order chi connectivity index (χ1) is 6.31. The number of nitrogen functional groups attached to an aromatic ring is 1. The van der Waals surface area contributed by atoms with Crippen LogP contribution in [0.25, 0.3) is 0 Å². The Morgan fingerprint density at radius 3 is 2.85 bits per heavy atom. The van der Waals surface area contributed by atoms with Crippen LogP contribution in [0.2, 0.25) is 0 Å². The van der Waals surface area contributed by atoms with Gasteiger partial charge in [-0.15, -0.1) is 0 Å². The lowest BCUT2D eigenvalue weighted by molar-refractivity contribution is 0.165.